The van der Waals surface area contributed by atoms with Crippen molar-refractivity contribution in [3.63, 3.8) is 0 Å². The smallest absolute Gasteiger partial charge is 0.269 e. The minimum absolute atomic E-state index is 0.286. The second-order valence-corrected chi connectivity index (χ2v) is 4.57. The molecule has 3 N–H and O–H groups in total. The van der Waals surface area contributed by atoms with E-state index in [9.17, 15) is 9.18 Å². The Morgan fingerprint density at radius 1 is 1.45 bits per heavy atom. The molecule has 0 spiro atoms. The molecule has 0 aliphatic carbocycles. The van der Waals surface area contributed by atoms with E-state index < -0.39 is 6.10 Å². The van der Waals surface area contributed by atoms with Crippen molar-refractivity contribution in [1.82, 2.24) is 15.5 Å². The van der Waals surface area contributed by atoms with Crippen molar-refractivity contribution in [3.8, 4) is 11.3 Å². The summed E-state index contributed by atoms with van der Waals surface area (Å²) in [6.07, 6.45) is 0.0388. The third-order valence-corrected chi connectivity index (χ3v) is 2.81. The van der Waals surface area contributed by atoms with Crippen molar-refractivity contribution in [2.45, 2.75) is 19.4 Å². The maximum atomic E-state index is 12.8. The molecule has 0 saturated carbocycles. The zero-order chi connectivity index (χ0) is 14.5. The van der Waals surface area contributed by atoms with E-state index in [0.717, 1.165) is 5.56 Å². The molecule has 106 valence electrons. The van der Waals surface area contributed by atoms with Gasteiger partial charge in [0.2, 0.25) is 0 Å². The molecule has 6 heteroatoms. The fourth-order valence-corrected chi connectivity index (χ4v) is 1.70. The Bertz CT molecular complexity index is 578. The molecule has 0 bridgehead atoms. The minimum atomic E-state index is -0.452. The molecular weight excluding hydrogens is 261 g/mol. The number of carbonyl (C=O) groups is 1. The number of halogens is 1. The van der Waals surface area contributed by atoms with Crippen molar-refractivity contribution in [1.29, 1.82) is 0 Å². The van der Waals surface area contributed by atoms with Crippen LogP contribution in [0.5, 0.6) is 0 Å². The van der Waals surface area contributed by atoms with Crippen molar-refractivity contribution in [3.05, 3.63) is 41.8 Å². The monoisotopic (exact) mass is 277 g/mol. The number of aromatic nitrogens is 2. The summed E-state index contributed by atoms with van der Waals surface area (Å²) >= 11 is 0. The molecule has 1 amide bonds. The van der Waals surface area contributed by atoms with Crippen molar-refractivity contribution in [2.24, 2.45) is 0 Å². The van der Waals surface area contributed by atoms with E-state index in [-0.39, 0.29) is 11.7 Å². The van der Waals surface area contributed by atoms with Gasteiger partial charge < -0.3 is 10.4 Å². The highest BCUT2D eigenvalue weighted by molar-refractivity contribution is 5.93. The molecular formula is C14H16FN3O2. The number of aliphatic hydroxyl groups is 1. The summed E-state index contributed by atoms with van der Waals surface area (Å²) in [5.74, 6) is -0.605. The highest BCUT2D eigenvalue weighted by atomic mass is 19.1. The van der Waals surface area contributed by atoms with E-state index in [1.54, 1.807) is 25.1 Å². The second-order valence-electron chi connectivity index (χ2n) is 4.57. The third-order valence-electron chi connectivity index (χ3n) is 2.81. The van der Waals surface area contributed by atoms with Crippen LogP contribution in [0.3, 0.4) is 0 Å². The van der Waals surface area contributed by atoms with Gasteiger partial charge in [-0.1, -0.05) is 0 Å². The number of aliphatic hydroxyl groups excluding tert-OH is 1. The molecule has 5 nitrogen and oxygen atoms in total. The molecule has 1 aromatic carbocycles. The number of hydrogen-bond acceptors (Lipinski definition) is 3. The van der Waals surface area contributed by atoms with Crippen molar-refractivity contribution >= 4 is 5.91 Å². The molecule has 0 saturated heterocycles. The van der Waals surface area contributed by atoms with Crippen molar-refractivity contribution < 1.29 is 14.3 Å². The molecule has 0 fully saturated rings. The first-order valence-corrected chi connectivity index (χ1v) is 6.34. The molecule has 1 heterocycles. The van der Waals surface area contributed by atoms with Crippen LogP contribution in [0.1, 0.15) is 23.8 Å². The Hall–Kier alpha value is -2.21. The van der Waals surface area contributed by atoms with Gasteiger partial charge in [-0.25, -0.2) is 4.39 Å². The van der Waals surface area contributed by atoms with Crippen LogP contribution in [0, 0.1) is 5.82 Å². The Kier molecular flexibility index (Phi) is 4.47. The van der Waals surface area contributed by atoms with Crippen LogP contribution < -0.4 is 5.32 Å². The van der Waals surface area contributed by atoms with Gasteiger partial charge in [-0.3, -0.25) is 9.89 Å². The molecule has 1 atom stereocenters. The first kappa shape index (κ1) is 14.2. The Labute approximate surface area is 115 Å². The maximum Gasteiger partial charge on any atom is 0.269 e. The molecule has 0 aliphatic rings. The summed E-state index contributed by atoms with van der Waals surface area (Å²) < 4.78 is 12.8. The van der Waals surface area contributed by atoms with Gasteiger partial charge in [0.1, 0.15) is 11.5 Å². The maximum absolute atomic E-state index is 12.8. The topological polar surface area (TPSA) is 78.0 Å². The van der Waals surface area contributed by atoms with E-state index in [0.29, 0.717) is 24.4 Å². The highest BCUT2D eigenvalue weighted by Crippen LogP contribution is 2.17. The Balaban J connectivity index is 2.01. The van der Waals surface area contributed by atoms with Crippen molar-refractivity contribution in [2.75, 3.05) is 6.54 Å². The third kappa shape index (κ3) is 3.64. The zero-order valence-corrected chi connectivity index (χ0v) is 11.1. The van der Waals surface area contributed by atoms with Crippen LogP contribution in [0.15, 0.2) is 30.3 Å². The minimum Gasteiger partial charge on any atom is -0.393 e. The summed E-state index contributed by atoms with van der Waals surface area (Å²) in [7, 11) is 0. The van der Waals surface area contributed by atoms with Gasteiger partial charge in [0.05, 0.1) is 11.8 Å². The first-order valence-electron chi connectivity index (χ1n) is 6.34. The van der Waals surface area contributed by atoms with Crippen LogP contribution in [0.2, 0.25) is 0 Å². The van der Waals surface area contributed by atoms with Gasteiger partial charge in [0.25, 0.3) is 5.91 Å². The average Bonchev–Trinajstić information content (AvgIpc) is 2.88. The number of aromatic amines is 1. The predicted octanol–water partition coefficient (Wildman–Crippen LogP) is 1.72. The number of carbonyl (C=O) groups excluding carboxylic acids is 1. The predicted molar refractivity (Wildman–Crippen MR) is 72.6 cm³/mol. The normalized spacial score (nSPS) is 12.2. The lowest BCUT2D eigenvalue weighted by Gasteiger charge is -2.04. The number of rotatable bonds is 5. The Morgan fingerprint density at radius 3 is 2.80 bits per heavy atom. The van der Waals surface area contributed by atoms with Crippen LogP contribution in [0.25, 0.3) is 11.3 Å². The second kappa shape index (κ2) is 6.29. The summed E-state index contributed by atoms with van der Waals surface area (Å²) in [6.45, 7) is 2.05. The number of nitrogens with zero attached hydrogens (tertiary/aromatic N) is 1. The van der Waals surface area contributed by atoms with Gasteiger partial charge in [-0.2, -0.15) is 5.10 Å². The number of nitrogens with one attached hydrogen (secondary N) is 2. The molecule has 0 radical (unpaired) electrons. The van der Waals surface area contributed by atoms with Gasteiger partial charge in [0.15, 0.2) is 0 Å². The first-order chi connectivity index (χ1) is 9.56. The summed E-state index contributed by atoms with van der Waals surface area (Å²) in [5, 5.41) is 18.4. The lowest BCUT2D eigenvalue weighted by atomic mass is 10.1. The molecule has 2 rings (SSSR count). The Morgan fingerprint density at radius 2 is 2.15 bits per heavy atom. The SMILES string of the molecule is CC(O)CCNC(=O)c1cc(-c2ccc(F)cc2)n[nH]1. The fourth-order valence-electron chi connectivity index (χ4n) is 1.70. The zero-order valence-electron chi connectivity index (χ0n) is 11.1. The van der Waals surface area contributed by atoms with E-state index in [1.165, 1.54) is 12.1 Å². The van der Waals surface area contributed by atoms with Crippen LogP contribution in [0.4, 0.5) is 4.39 Å². The number of benzene rings is 1. The standard InChI is InChI=1S/C14H16FN3O2/c1-9(19)6-7-16-14(20)13-8-12(17-18-13)10-2-4-11(15)5-3-10/h2-5,8-9,19H,6-7H2,1H3,(H,16,20)(H,17,18). The molecule has 1 unspecified atom stereocenters. The van der Waals surface area contributed by atoms with Gasteiger partial charge >= 0.3 is 0 Å². The number of hydrogen-bond donors (Lipinski definition) is 3. The summed E-state index contributed by atoms with van der Waals surface area (Å²) in [4.78, 5) is 11.8. The van der Waals surface area contributed by atoms with Gasteiger partial charge in [-0.15, -0.1) is 0 Å². The number of amides is 1. The van der Waals surface area contributed by atoms with E-state index >= 15 is 0 Å². The number of H-pyrrole nitrogens is 1. The summed E-state index contributed by atoms with van der Waals surface area (Å²) in [6, 6.07) is 7.48. The molecule has 0 aliphatic heterocycles. The lowest BCUT2D eigenvalue weighted by Crippen LogP contribution is -2.26. The van der Waals surface area contributed by atoms with Crippen LogP contribution in [-0.4, -0.2) is 33.9 Å². The highest BCUT2D eigenvalue weighted by Gasteiger charge is 2.10. The lowest BCUT2D eigenvalue weighted by molar-refractivity contribution is 0.0940. The average molecular weight is 277 g/mol. The van der Waals surface area contributed by atoms with E-state index in [4.69, 9.17) is 5.11 Å². The van der Waals surface area contributed by atoms with Gasteiger partial charge in [-0.05, 0) is 43.7 Å². The van der Waals surface area contributed by atoms with Crippen LogP contribution >= 0.6 is 0 Å². The quantitative estimate of drug-likeness (QED) is 0.778. The molecule has 1 aromatic heterocycles. The van der Waals surface area contributed by atoms with E-state index in [1.807, 2.05) is 0 Å². The van der Waals surface area contributed by atoms with Crippen LogP contribution in [-0.2, 0) is 0 Å². The van der Waals surface area contributed by atoms with E-state index in [2.05, 4.69) is 15.5 Å². The summed E-state index contributed by atoms with van der Waals surface area (Å²) in [5.41, 5.74) is 1.63. The molecule has 20 heavy (non-hydrogen) atoms. The fraction of sp³-hybridized carbons (Fsp3) is 0.286. The van der Waals surface area contributed by atoms with Gasteiger partial charge in [0, 0.05) is 12.1 Å². The largest absolute Gasteiger partial charge is 0.393 e. The molecule has 2 aromatic rings.